The summed E-state index contributed by atoms with van der Waals surface area (Å²) in [7, 11) is 0. The molecule has 0 saturated carbocycles. The molecule has 0 radical (unpaired) electrons. The lowest BCUT2D eigenvalue weighted by molar-refractivity contribution is 0.123. The van der Waals surface area contributed by atoms with Gasteiger partial charge in [0.15, 0.2) is 0 Å². The molecule has 1 saturated heterocycles. The summed E-state index contributed by atoms with van der Waals surface area (Å²) >= 11 is 12.0. The van der Waals surface area contributed by atoms with Crippen LogP contribution in [0, 0.1) is 0 Å². The molecule has 1 atom stereocenters. The Labute approximate surface area is 147 Å². The molecule has 1 fully saturated rings. The van der Waals surface area contributed by atoms with Crippen molar-refractivity contribution in [2.24, 2.45) is 0 Å². The SMILES string of the molecule is Clc1ccc(OCCN2CCCC[C@@H]2c2cccnc2)c(Cl)c1. The predicted molar refractivity (Wildman–Crippen MR) is 94.4 cm³/mol. The zero-order valence-electron chi connectivity index (χ0n) is 12.9. The molecule has 0 unspecified atom stereocenters. The van der Waals surface area contributed by atoms with E-state index in [-0.39, 0.29) is 0 Å². The summed E-state index contributed by atoms with van der Waals surface area (Å²) in [5.74, 6) is 0.686. The third-order valence-corrected chi connectivity index (χ3v) is 4.74. The van der Waals surface area contributed by atoms with E-state index in [0.717, 1.165) is 13.1 Å². The molecule has 0 spiro atoms. The molecule has 23 heavy (non-hydrogen) atoms. The largest absolute Gasteiger partial charge is 0.491 e. The van der Waals surface area contributed by atoms with Gasteiger partial charge < -0.3 is 4.74 Å². The summed E-state index contributed by atoms with van der Waals surface area (Å²) in [5, 5.41) is 1.18. The van der Waals surface area contributed by atoms with Crippen molar-refractivity contribution in [3.63, 3.8) is 0 Å². The van der Waals surface area contributed by atoms with Crippen molar-refractivity contribution in [3.8, 4) is 5.75 Å². The Bertz CT molecular complexity index is 636. The van der Waals surface area contributed by atoms with Crippen molar-refractivity contribution in [1.29, 1.82) is 0 Å². The second kappa shape index (κ2) is 8.00. The minimum atomic E-state index is 0.432. The number of hydrogen-bond donors (Lipinski definition) is 0. The summed E-state index contributed by atoms with van der Waals surface area (Å²) in [5.41, 5.74) is 1.29. The fourth-order valence-corrected chi connectivity index (χ4v) is 3.54. The molecular formula is C18H20Cl2N2O. The zero-order chi connectivity index (χ0) is 16.1. The first kappa shape index (κ1) is 16.6. The number of halogens is 2. The average molecular weight is 351 g/mol. The molecule has 3 nitrogen and oxygen atoms in total. The maximum atomic E-state index is 6.14. The minimum Gasteiger partial charge on any atom is -0.491 e. The highest BCUT2D eigenvalue weighted by Gasteiger charge is 2.23. The Morgan fingerprint density at radius 1 is 1.22 bits per heavy atom. The highest BCUT2D eigenvalue weighted by Crippen LogP contribution is 2.31. The van der Waals surface area contributed by atoms with Crippen molar-refractivity contribution < 1.29 is 4.74 Å². The topological polar surface area (TPSA) is 25.4 Å². The first-order valence-corrected chi connectivity index (χ1v) is 8.71. The van der Waals surface area contributed by atoms with Crippen LogP contribution in [0.15, 0.2) is 42.7 Å². The molecule has 0 bridgehead atoms. The van der Waals surface area contributed by atoms with Gasteiger partial charge in [-0.1, -0.05) is 35.7 Å². The Morgan fingerprint density at radius 3 is 2.91 bits per heavy atom. The van der Waals surface area contributed by atoms with Crippen LogP contribution in [0.5, 0.6) is 5.75 Å². The van der Waals surface area contributed by atoms with Crippen molar-refractivity contribution in [2.45, 2.75) is 25.3 Å². The lowest BCUT2D eigenvalue weighted by Crippen LogP contribution is -2.36. The van der Waals surface area contributed by atoms with Crippen LogP contribution in [0.3, 0.4) is 0 Å². The van der Waals surface area contributed by atoms with E-state index in [0.29, 0.717) is 28.4 Å². The number of rotatable bonds is 5. The van der Waals surface area contributed by atoms with Crippen LogP contribution in [0.4, 0.5) is 0 Å². The molecule has 1 aliphatic heterocycles. The third-order valence-electron chi connectivity index (χ3n) is 4.21. The predicted octanol–water partition coefficient (Wildman–Crippen LogP) is 4.99. The van der Waals surface area contributed by atoms with Crippen molar-refractivity contribution in [3.05, 3.63) is 58.3 Å². The lowest BCUT2D eigenvalue weighted by Gasteiger charge is -2.35. The van der Waals surface area contributed by atoms with Crippen molar-refractivity contribution in [1.82, 2.24) is 9.88 Å². The van der Waals surface area contributed by atoms with Gasteiger partial charge in [0.2, 0.25) is 0 Å². The molecule has 3 rings (SSSR count). The molecule has 122 valence electrons. The van der Waals surface area contributed by atoms with Gasteiger partial charge in [-0.05, 0) is 49.2 Å². The van der Waals surface area contributed by atoms with Gasteiger partial charge in [0, 0.05) is 30.0 Å². The van der Waals surface area contributed by atoms with E-state index in [2.05, 4.69) is 16.0 Å². The number of aromatic nitrogens is 1. The molecule has 1 aromatic carbocycles. The summed E-state index contributed by atoms with van der Waals surface area (Å²) in [4.78, 5) is 6.73. The first-order valence-electron chi connectivity index (χ1n) is 7.96. The van der Waals surface area contributed by atoms with Crippen LogP contribution in [0.2, 0.25) is 10.0 Å². The summed E-state index contributed by atoms with van der Waals surface area (Å²) in [6, 6.07) is 9.92. The second-order valence-corrected chi connectivity index (χ2v) is 6.60. The number of ether oxygens (including phenoxy) is 1. The first-order chi connectivity index (χ1) is 11.2. The molecule has 1 aliphatic rings. The molecule has 0 N–H and O–H groups in total. The smallest absolute Gasteiger partial charge is 0.138 e. The summed E-state index contributed by atoms with van der Waals surface area (Å²) in [6.45, 7) is 2.58. The summed E-state index contributed by atoms with van der Waals surface area (Å²) in [6.07, 6.45) is 7.47. The maximum Gasteiger partial charge on any atom is 0.138 e. The number of hydrogen-bond acceptors (Lipinski definition) is 3. The standard InChI is InChI=1S/C18H20Cl2N2O/c19-15-6-7-18(16(20)12-15)23-11-10-22-9-2-1-5-17(22)14-4-3-8-21-13-14/h3-4,6-8,12-13,17H,1-2,5,9-11H2/t17-/m1/s1. The number of benzene rings is 1. The average Bonchev–Trinajstić information content (AvgIpc) is 2.58. The highest BCUT2D eigenvalue weighted by molar-refractivity contribution is 6.35. The molecule has 0 aliphatic carbocycles. The van der Waals surface area contributed by atoms with Gasteiger partial charge in [-0.3, -0.25) is 9.88 Å². The number of pyridine rings is 1. The van der Waals surface area contributed by atoms with E-state index >= 15 is 0 Å². The van der Waals surface area contributed by atoms with Crippen LogP contribution in [-0.4, -0.2) is 29.6 Å². The fourth-order valence-electron chi connectivity index (χ4n) is 3.07. The van der Waals surface area contributed by atoms with Crippen LogP contribution in [0.1, 0.15) is 30.9 Å². The van der Waals surface area contributed by atoms with Crippen LogP contribution in [-0.2, 0) is 0 Å². The van der Waals surface area contributed by atoms with Gasteiger partial charge in [0.25, 0.3) is 0 Å². The van der Waals surface area contributed by atoms with Gasteiger partial charge in [-0.15, -0.1) is 0 Å². The van der Waals surface area contributed by atoms with Gasteiger partial charge >= 0.3 is 0 Å². The second-order valence-electron chi connectivity index (χ2n) is 5.76. The third kappa shape index (κ3) is 4.37. The van der Waals surface area contributed by atoms with E-state index in [4.69, 9.17) is 27.9 Å². The summed E-state index contributed by atoms with van der Waals surface area (Å²) < 4.78 is 5.83. The minimum absolute atomic E-state index is 0.432. The molecule has 2 heterocycles. The van der Waals surface area contributed by atoms with Crippen LogP contribution >= 0.6 is 23.2 Å². The van der Waals surface area contributed by atoms with Crippen molar-refractivity contribution in [2.75, 3.05) is 19.7 Å². The molecule has 0 amide bonds. The highest BCUT2D eigenvalue weighted by atomic mass is 35.5. The Balaban J connectivity index is 1.59. The van der Waals surface area contributed by atoms with E-state index in [1.54, 1.807) is 12.1 Å². The Morgan fingerprint density at radius 2 is 2.13 bits per heavy atom. The quantitative estimate of drug-likeness (QED) is 0.758. The molecular weight excluding hydrogens is 331 g/mol. The maximum absolute atomic E-state index is 6.14. The van der Waals surface area contributed by atoms with E-state index in [1.807, 2.05) is 24.5 Å². The lowest BCUT2D eigenvalue weighted by atomic mass is 9.96. The van der Waals surface area contributed by atoms with E-state index in [1.165, 1.54) is 24.8 Å². The van der Waals surface area contributed by atoms with E-state index in [9.17, 15) is 0 Å². The monoisotopic (exact) mass is 350 g/mol. The molecule has 2 aromatic rings. The Hall–Kier alpha value is -1.29. The normalized spacial score (nSPS) is 18.8. The van der Waals surface area contributed by atoms with Gasteiger partial charge in [0.05, 0.1) is 5.02 Å². The Kier molecular flexibility index (Phi) is 5.76. The van der Waals surface area contributed by atoms with Crippen LogP contribution in [0.25, 0.3) is 0 Å². The number of piperidine rings is 1. The zero-order valence-corrected chi connectivity index (χ0v) is 14.4. The number of nitrogens with zero attached hydrogens (tertiary/aromatic N) is 2. The van der Waals surface area contributed by atoms with Gasteiger partial charge in [0.1, 0.15) is 12.4 Å². The van der Waals surface area contributed by atoms with E-state index < -0.39 is 0 Å². The van der Waals surface area contributed by atoms with Gasteiger partial charge in [-0.25, -0.2) is 0 Å². The van der Waals surface area contributed by atoms with Crippen LogP contribution < -0.4 is 4.74 Å². The van der Waals surface area contributed by atoms with Crippen molar-refractivity contribution >= 4 is 23.2 Å². The molecule has 5 heteroatoms. The fraction of sp³-hybridized carbons (Fsp3) is 0.389. The molecule has 1 aromatic heterocycles. The van der Waals surface area contributed by atoms with Gasteiger partial charge in [-0.2, -0.15) is 0 Å². The number of likely N-dealkylation sites (tertiary alicyclic amines) is 1.